The van der Waals surface area contributed by atoms with Crippen molar-refractivity contribution in [1.29, 1.82) is 0 Å². The normalized spacial score (nSPS) is 19.6. The van der Waals surface area contributed by atoms with Crippen molar-refractivity contribution in [3.05, 3.63) is 46.6 Å². The van der Waals surface area contributed by atoms with Gasteiger partial charge in [0.1, 0.15) is 0 Å². The third-order valence-electron chi connectivity index (χ3n) is 4.59. The van der Waals surface area contributed by atoms with Crippen LogP contribution in [0, 0.1) is 5.92 Å². The molecular weight excluding hydrogens is 280 g/mol. The minimum absolute atomic E-state index is 0.335. The molecule has 0 saturated carbocycles. The summed E-state index contributed by atoms with van der Waals surface area (Å²) >= 11 is 0. The number of allylic oxidation sites excluding steroid dienone is 8. The van der Waals surface area contributed by atoms with Crippen LogP contribution in [0.4, 0.5) is 0 Å². The van der Waals surface area contributed by atoms with Gasteiger partial charge in [0.2, 0.25) is 0 Å². The molecule has 0 aromatic rings. The SMILES string of the molecule is CC(C)=CCCC(C)=CCCC(C)=CCC1CC=C(C)C(=O)C1. The first kappa shape index (κ1) is 19.7. The summed E-state index contributed by atoms with van der Waals surface area (Å²) in [5.74, 6) is 0.852. The molecule has 1 atom stereocenters. The van der Waals surface area contributed by atoms with E-state index in [1.54, 1.807) is 0 Å². The van der Waals surface area contributed by atoms with Crippen LogP contribution in [-0.4, -0.2) is 5.78 Å². The third-order valence-corrected chi connectivity index (χ3v) is 4.59. The number of carbonyl (C=O) groups excluding carboxylic acids is 1. The fraction of sp³-hybridized carbons (Fsp3) is 0.591. The van der Waals surface area contributed by atoms with Crippen LogP contribution in [0.5, 0.6) is 0 Å². The summed E-state index contributed by atoms with van der Waals surface area (Å²) in [5.41, 5.74) is 5.31. The van der Waals surface area contributed by atoms with Crippen molar-refractivity contribution in [3.8, 4) is 0 Å². The van der Waals surface area contributed by atoms with Gasteiger partial charge < -0.3 is 0 Å². The Kier molecular flexibility index (Phi) is 8.91. The summed E-state index contributed by atoms with van der Waals surface area (Å²) in [6, 6.07) is 0. The van der Waals surface area contributed by atoms with Gasteiger partial charge in [-0.2, -0.15) is 0 Å². The maximum atomic E-state index is 11.7. The first-order valence-corrected chi connectivity index (χ1v) is 9.03. The Hall–Kier alpha value is -1.37. The fourth-order valence-electron chi connectivity index (χ4n) is 2.85. The lowest BCUT2D eigenvalue weighted by Crippen LogP contribution is -2.13. The molecule has 1 heteroatoms. The Morgan fingerprint density at radius 3 is 2.26 bits per heavy atom. The molecule has 0 spiro atoms. The van der Waals surface area contributed by atoms with Crippen LogP contribution in [0.2, 0.25) is 0 Å². The summed E-state index contributed by atoms with van der Waals surface area (Å²) in [6.07, 6.45) is 16.6. The molecule has 0 radical (unpaired) electrons. The number of hydrogen-bond donors (Lipinski definition) is 0. The Bertz CT molecular complexity index is 510. The maximum Gasteiger partial charge on any atom is 0.158 e. The Labute approximate surface area is 143 Å². The van der Waals surface area contributed by atoms with Crippen LogP contribution in [0.3, 0.4) is 0 Å². The Balaban J connectivity index is 2.29. The van der Waals surface area contributed by atoms with Crippen molar-refractivity contribution in [2.24, 2.45) is 5.92 Å². The van der Waals surface area contributed by atoms with Gasteiger partial charge in [-0.1, -0.05) is 41.0 Å². The van der Waals surface area contributed by atoms with Gasteiger partial charge in [-0.3, -0.25) is 4.79 Å². The van der Waals surface area contributed by atoms with Gasteiger partial charge >= 0.3 is 0 Å². The van der Waals surface area contributed by atoms with Crippen molar-refractivity contribution in [1.82, 2.24) is 0 Å². The highest BCUT2D eigenvalue weighted by molar-refractivity contribution is 5.95. The minimum atomic E-state index is 0.335. The van der Waals surface area contributed by atoms with E-state index in [2.05, 4.69) is 52.0 Å². The van der Waals surface area contributed by atoms with Crippen LogP contribution in [-0.2, 0) is 4.79 Å². The van der Waals surface area contributed by atoms with Gasteiger partial charge in [0.05, 0.1) is 0 Å². The second-order valence-corrected chi connectivity index (χ2v) is 7.31. The molecule has 1 nitrogen and oxygen atoms in total. The number of carbonyl (C=O) groups is 1. The summed E-state index contributed by atoms with van der Waals surface area (Å²) in [6.45, 7) is 10.7. The molecule has 1 aliphatic rings. The van der Waals surface area contributed by atoms with Gasteiger partial charge in [-0.05, 0) is 84.6 Å². The molecule has 128 valence electrons. The van der Waals surface area contributed by atoms with Crippen LogP contribution < -0.4 is 0 Å². The van der Waals surface area contributed by atoms with Crippen molar-refractivity contribution >= 4 is 5.78 Å². The predicted octanol–water partition coefficient (Wildman–Crippen LogP) is 6.72. The van der Waals surface area contributed by atoms with E-state index in [1.165, 1.54) is 23.1 Å². The molecule has 0 bridgehead atoms. The molecule has 1 rings (SSSR count). The average Bonchev–Trinajstić information content (AvgIpc) is 2.48. The van der Waals surface area contributed by atoms with Crippen LogP contribution in [0.15, 0.2) is 46.6 Å². The second-order valence-electron chi connectivity index (χ2n) is 7.31. The molecule has 0 amide bonds. The average molecular weight is 315 g/mol. The zero-order valence-corrected chi connectivity index (χ0v) is 15.7. The highest BCUT2D eigenvalue weighted by Gasteiger charge is 2.18. The van der Waals surface area contributed by atoms with E-state index in [4.69, 9.17) is 0 Å². The van der Waals surface area contributed by atoms with Crippen LogP contribution in [0.25, 0.3) is 0 Å². The minimum Gasteiger partial charge on any atom is -0.295 e. The molecule has 0 N–H and O–H groups in total. The quantitative estimate of drug-likeness (QED) is 0.454. The first-order valence-electron chi connectivity index (χ1n) is 9.03. The van der Waals surface area contributed by atoms with Crippen molar-refractivity contribution in [2.75, 3.05) is 0 Å². The van der Waals surface area contributed by atoms with E-state index < -0.39 is 0 Å². The number of Topliss-reactive ketones (excluding diaryl/α,β-unsaturated/α-hetero) is 1. The monoisotopic (exact) mass is 314 g/mol. The molecule has 1 aliphatic carbocycles. The van der Waals surface area contributed by atoms with Crippen molar-refractivity contribution in [3.63, 3.8) is 0 Å². The largest absolute Gasteiger partial charge is 0.295 e. The van der Waals surface area contributed by atoms with Gasteiger partial charge in [0.15, 0.2) is 5.78 Å². The predicted molar refractivity (Wildman–Crippen MR) is 102 cm³/mol. The van der Waals surface area contributed by atoms with E-state index in [9.17, 15) is 4.79 Å². The molecular formula is C22H34O. The molecule has 1 unspecified atom stereocenters. The number of ketones is 1. The summed E-state index contributed by atoms with van der Waals surface area (Å²) in [4.78, 5) is 11.7. The van der Waals surface area contributed by atoms with Crippen molar-refractivity contribution < 1.29 is 4.79 Å². The van der Waals surface area contributed by atoms with E-state index in [0.717, 1.165) is 44.1 Å². The molecule has 0 aromatic carbocycles. The summed E-state index contributed by atoms with van der Waals surface area (Å²) in [5, 5.41) is 0. The Morgan fingerprint density at radius 1 is 1.04 bits per heavy atom. The molecule has 23 heavy (non-hydrogen) atoms. The second kappa shape index (κ2) is 10.4. The Morgan fingerprint density at radius 2 is 1.65 bits per heavy atom. The van der Waals surface area contributed by atoms with Gasteiger partial charge in [0, 0.05) is 6.42 Å². The highest BCUT2D eigenvalue weighted by atomic mass is 16.1. The highest BCUT2D eigenvalue weighted by Crippen LogP contribution is 2.24. The lowest BCUT2D eigenvalue weighted by atomic mass is 9.86. The van der Waals surface area contributed by atoms with Gasteiger partial charge in [-0.25, -0.2) is 0 Å². The van der Waals surface area contributed by atoms with Gasteiger partial charge in [0.25, 0.3) is 0 Å². The third kappa shape index (κ3) is 8.74. The summed E-state index contributed by atoms with van der Waals surface area (Å²) < 4.78 is 0. The van der Waals surface area contributed by atoms with E-state index in [-0.39, 0.29) is 0 Å². The number of hydrogen-bond acceptors (Lipinski definition) is 1. The molecule has 0 fully saturated rings. The summed E-state index contributed by atoms with van der Waals surface area (Å²) in [7, 11) is 0. The lowest BCUT2D eigenvalue weighted by molar-refractivity contribution is -0.116. The molecule has 0 aromatic heterocycles. The smallest absolute Gasteiger partial charge is 0.158 e. The number of rotatable bonds is 8. The first-order chi connectivity index (χ1) is 10.9. The van der Waals surface area contributed by atoms with Crippen molar-refractivity contribution in [2.45, 2.75) is 79.6 Å². The van der Waals surface area contributed by atoms with E-state index in [1.807, 2.05) is 6.92 Å². The van der Waals surface area contributed by atoms with Crippen LogP contribution >= 0.6 is 0 Å². The lowest BCUT2D eigenvalue weighted by Gasteiger charge is -2.18. The molecule has 0 saturated heterocycles. The zero-order chi connectivity index (χ0) is 17.2. The van der Waals surface area contributed by atoms with Gasteiger partial charge in [-0.15, -0.1) is 0 Å². The standard InChI is InChI=1S/C22H34O/c1-17(2)8-6-9-18(3)10-7-11-19(4)12-14-21-15-13-20(5)22(23)16-21/h8,10,12-13,21H,6-7,9,11,14-16H2,1-5H3. The van der Waals surface area contributed by atoms with E-state index >= 15 is 0 Å². The maximum absolute atomic E-state index is 11.7. The fourth-order valence-corrected chi connectivity index (χ4v) is 2.85. The molecule has 0 heterocycles. The topological polar surface area (TPSA) is 17.1 Å². The zero-order valence-electron chi connectivity index (χ0n) is 15.7. The molecule has 0 aliphatic heterocycles. The van der Waals surface area contributed by atoms with E-state index in [0.29, 0.717) is 11.7 Å². The van der Waals surface area contributed by atoms with Crippen LogP contribution in [0.1, 0.15) is 79.6 Å².